The minimum absolute atomic E-state index is 0.0713. The molecule has 1 saturated heterocycles. The van der Waals surface area contributed by atoms with Crippen molar-refractivity contribution >= 4 is 18.1 Å². The first-order valence-electron chi connectivity index (χ1n) is 13.1. The lowest BCUT2D eigenvalue weighted by Crippen LogP contribution is -2.48. The van der Waals surface area contributed by atoms with Gasteiger partial charge in [-0.15, -0.1) is 0 Å². The van der Waals surface area contributed by atoms with Crippen LogP contribution in [0.2, 0.25) is 0 Å². The van der Waals surface area contributed by atoms with Crippen LogP contribution in [0, 0.1) is 36.5 Å². The molecule has 2 saturated carbocycles. The Kier molecular flexibility index (Phi) is 7.08. The summed E-state index contributed by atoms with van der Waals surface area (Å²) in [5.41, 5.74) is 3.96. The number of allylic oxidation sites excluding steroid dienone is 1. The van der Waals surface area contributed by atoms with Crippen LogP contribution in [0.5, 0.6) is 0 Å². The van der Waals surface area contributed by atoms with Gasteiger partial charge in [0.1, 0.15) is 6.10 Å². The second-order valence-corrected chi connectivity index (χ2v) is 10.5. The summed E-state index contributed by atoms with van der Waals surface area (Å²) in [5.74, 6) is 1.08. The van der Waals surface area contributed by atoms with E-state index in [-0.39, 0.29) is 42.0 Å². The highest BCUT2D eigenvalue weighted by molar-refractivity contribution is 5.75. The number of fused-ring (bicyclic) bond motifs is 2. The predicted molar refractivity (Wildman–Crippen MR) is 137 cm³/mol. The third kappa shape index (κ3) is 5.01. The number of carbonyl (C=O) groups is 2. The fourth-order valence-electron chi connectivity index (χ4n) is 6.65. The van der Waals surface area contributed by atoms with Gasteiger partial charge in [-0.1, -0.05) is 6.08 Å². The van der Waals surface area contributed by atoms with Gasteiger partial charge >= 0.3 is 12.1 Å². The first-order valence-corrected chi connectivity index (χ1v) is 13.1. The van der Waals surface area contributed by atoms with Crippen LogP contribution >= 0.6 is 0 Å². The number of amides is 1. The van der Waals surface area contributed by atoms with Crippen LogP contribution in [0.25, 0.3) is 17.3 Å². The van der Waals surface area contributed by atoms with E-state index in [1.54, 1.807) is 0 Å². The minimum atomic E-state index is -0.352. The molecular weight excluding hydrogens is 454 g/mol. The number of cyclic esters (lactones) is 1. The number of aryl methyl sites for hydroxylation is 1. The van der Waals surface area contributed by atoms with Crippen LogP contribution < -0.4 is 5.32 Å². The van der Waals surface area contributed by atoms with Crippen LogP contribution in [-0.2, 0) is 14.3 Å². The quantitative estimate of drug-likeness (QED) is 0.581. The molecule has 0 spiro atoms. The van der Waals surface area contributed by atoms with Crippen molar-refractivity contribution in [2.75, 3.05) is 6.61 Å². The third-order valence-corrected chi connectivity index (χ3v) is 8.23. The van der Waals surface area contributed by atoms with E-state index in [1.807, 2.05) is 38.4 Å². The van der Waals surface area contributed by atoms with Gasteiger partial charge in [0.15, 0.2) is 0 Å². The molecule has 0 unspecified atom stereocenters. The molecule has 2 aromatic rings. The molecule has 1 N–H and O–H groups in total. The maximum atomic E-state index is 12.7. The second-order valence-electron chi connectivity index (χ2n) is 10.5. The summed E-state index contributed by atoms with van der Waals surface area (Å²) in [6, 6.07) is 8.20. The van der Waals surface area contributed by atoms with Gasteiger partial charge in [-0.2, -0.15) is 0 Å². The molecule has 0 radical (unpaired) electrons. The predicted octanol–water partition coefficient (Wildman–Crippen LogP) is 5.19. The maximum Gasteiger partial charge on any atom is 0.407 e. The highest BCUT2D eigenvalue weighted by Gasteiger charge is 2.54. The van der Waals surface area contributed by atoms with Crippen LogP contribution in [0.1, 0.15) is 50.8 Å². The van der Waals surface area contributed by atoms with Crippen molar-refractivity contribution in [3.8, 4) is 11.3 Å². The van der Waals surface area contributed by atoms with Crippen molar-refractivity contribution in [2.45, 2.75) is 58.6 Å². The number of alkyl carbamates (subject to hydrolysis) is 1. The average Bonchev–Trinajstić information content (AvgIpc) is 3.15. The summed E-state index contributed by atoms with van der Waals surface area (Å²) in [7, 11) is 0. The van der Waals surface area contributed by atoms with Gasteiger partial charge in [0.25, 0.3) is 0 Å². The Morgan fingerprint density at radius 3 is 2.83 bits per heavy atom. The summed E-state index contributed by atoms with van der Waals surface area (Å²) in [6.07, 6.45) is 11.2. The Balaban J connectivity index is 1.34. The molecule has 0 bridgehead atoms. The third-order valence-electron chi connectivity index (χ3n) is 8.23. The minimum Gasteiger partial charge on any atom is -0.462 e. The number of carbonyl (C=O) groups excluding carboxylic acids is 2. The van der Waals surface area contributed by atoms with Crippen molar-refractivity contribution in [1.29, 1.82) is 0 Å². The molecule has 2 aromatic heterocycles. The van der Waals surface area contributed by atoms with Gasteiger partial charge in [-0.25, -0.2) is 4.79 Å². The fraction of sp³-hybridized carbons (Fsp3) is 0.517. The van der Waals surface area contributed by atoms with Gasteiger partial charge in [0, 0.05) is 29.9 Å². The molecule has 190 valence electrons. The van der Waals surface area contributed by atoms with Crippen molar-refractivity contribution < 1.29 is 19.1 Å². The number of ether oxygens (including phenoxy) is 2. The lowest BCUT2D eigenvalue weighted by molar-refractivity contribution is -0.144. The first-order chi connectivity index (χ1) is 17.4. The smallest absolute Gasteiger partial charge is 0.407 e. The van der Waals surface area contributed by atoms with E-state index in [1.165, 1.54) is 5.56 Å². The van der Waals surface area contributed by atoms with Crippen LogP contribution in [0.3, 0.4) is 0 Å². The van der Waals surface area contributed by atoms with E-state index in [9.17, 15) is 9.59 Å². The van der Waals surface area contributed by atoms with Crippen molar-refractivity contribution in [1.82, 2.24) is 15.3 Å². The molecule has 5 rings (SSSR count). The van der Waals surface area contributed by atoms with Gasteiger partial charge in [0.2, 0.25) is 0 Å². The number of hydrogen-bond acceptors (Lipinski definition) is 6. The van der Waals surface area contributed by atoms with Crippen molar-refractivity contribution in [3.63, 3.8) is 0 Å². The number of rotatable bonds is 5. The number of hydrogen-bond donors (Lipinski definition) is 1. The number of nitrogens with zero attached hydrogens (tertiary/aromatic N) is 2. The molecule has 1 amide bonds. The number of pyridine rings is 2. The highest BCUT2D eigenvalue weighted by atomic mass is 16.6. The van der Waals surface area contributed by atoms with E-state index >= 15 is 0 Å². The molecule has 7 nitrogen and oxygen atoms in total. The molecule has 7 heteroatoms. The summed E-state index contributed by atoms with van der Waals surface area (Å²) < 4.78 is 10.8. The summed E-state index contributed by atoms with van der Waals surface area (Å²) in [4.78, 5) is 33.8. The van der Waals surface area contributed by atoms with E-state index in [2.05, 4.69) is 46.5 Å². The fourth-order valence-corrected chi connectivity index (χ4v) is 6.65. The Bertz CT molecular complexity index is 1130. The Labute approximate surface area is 212 Å². The standard InChI is InChI=1S/C29H35N3O4/c1-4-35-29(34)32-22-8-9-23-20(14-22)15-25-27(18(3)36-28(25)33)24(23)10-7-21-6-5-19(16-31-21)26-13-17(2)11-12-30-26/h5-7,10-13,16,18,20,22-25,27H,4,8-9,14-15H2,1-3H3,(H,32,34)/b10-7+/t18-,20+,22-,23-,24+,25-,27+/m1/s1. The molecule has 0 aromatic carbocycles. The summed E-state index contributed by atoms with van der Waals surface area (Å²) >= 11 is 0. The van der Waals surface area contributed by atoms with Crippen molar-refractivity contribution in [2.24, 2.45) is 29.6 Å². The molecule has 2 aliphatic carbocycles. The first kappa shape index (κ1) is 24.5. The largest absolute Gasteiger partial charge is 0.462 e. The highest BCUT2D eigenvalue weighted by Crippen LogP contribution is 2.53. The second kappa shape index (κ2) is 10.4. The lowest BCUT2D eigenvalue weighted by atomic mass is 9.57. The number of aromatic nitrogens is 2. The molecular formula is C29H35N3O4. The van der Waals surface area contributed by atoms with Crippen LogP contribution in [0.15, 0.2) is 42.7 Å². The molecule has 3 aliphatic rings. The van der Waals surface area contributed by atoms with Gasteiger partial charge in [-0.3, -0.25) is 14.8 Å². The number of nitrogens with one attached hydrogen (secondary N) is 1. The van der Waals surface area contributed by atoms with Gasteiger partial charge in [-0.05, 0) is 100 Å². The van der Waals surface area contributed by atoms with E-state index in [0.717, 1.165) is 42.6 Å². The molecule has 1 aliphatic heterocycles. The zero-order valence-corrected chi connectivity index (χ0v) is 21.2. The summed E-state index contributed by atoms with van der Waals surface area (Å²) in [5, 5.41) is 3.02. The SMILES string of the molecule is CCOC(=O)N[C@@H]1CC[C@@H]2[C@@H](C1)C[C@H]1C(=O)O[C@H](C)[C@H]1[C@H]2/C=C/c1ccc(-c2cc(C)ccn2)cn1. The molecule has 3 heterocycles. The zero-order chi connectivity index (χ0) is 25.2. The molecule has 7 atom stereocenters. The normalized spacial score (nSPS) is 31.4. The molecule has 3 fully saturated rings. The van der Waals surface area contributed by atoms with Crippen LogP contribution in [-0.4, -0.2) is 40.8 Å². The van der Waals surface area contributed by atoms with Gasteiger partial charge in [0.05, 0.1) is 23.9 Å². The average molecular weight is 490 g/mol. The van der Waals surface area contributed by atoms with E-state index in [4.69, 9.17) is 9.47 Å². The van der Waals surface area contributed by atoms with E-state index in [0.29, 0.717) is 18.4 Å². The maximum absolute atomic E-state index is 12.7. The monoisotopic (exact) mass is 489 g/mol. The van der Waals surface area contributed by atoms with Gasteiger partial charge < -0.3 is 14.8 Å². The Hall–Kier alpha value is -3.22. The topological polar surface area (TPSA) is 90.4 Å². The summed E-state index contributed by atoms with van der Waals surface area (Å²) in [6.45, 7) is 6.25. The Morgan fingerprint density at radius 1 is 1.22 bits per heavy atom. The lowest BCUT2D eigenvalue weighted by Gasteiger charge is -2.47. The molecule has 36 heavy (non-hydrogen) atoms. The van der Waals surface area contributed by atoms with E-state index < -0.39 is 0 Å². The zero-order valence-electron chi connectivity index (χ0n) is 21.2. The van der Waals surface area contributed by atoms with Crippen LogP contribution in [0.4, 0.5) is 4.79 Å². The Morgan fingerprint density at radius 2 is 2.08 bits per heavy atom. The number of esters is 1. The van der Waals surface area contributed by atoms with Crippen molar-refractivity contribution in [3.05, 3.63) is 54.0 Å².